The second-order valence-electron chi connectivity index (χ2n) is 14.2. The normalized spacial score (nSPS) is 24.6. The van der Waals surface area contributed by atoms with Crippen molar-refractivity contribution in [2.75, 3.05) is 11.4 Å². The maximum atomic E-state index is 15.4. The van der Waals surface area contributed by atoms with E-state index in [4.69, 9.17) is 4.52 Å². The van der Waals surface area contributed by atoms with Crippen LogP contribution in [0.5, 0.6) is 0 Å². The van der Waals surface area contributed by atoms with E-state index in [-0.39, 0.29) is 49.3 Å². The monoisotopic (exact) mass is 672 g/mol. The zero-order valence-electron chi connectivity index (χ0n) is 26.4. The molecular formula is C35H37F5N4O2S. The number of alkyl halides is 4. The molecule has 2 aromatic carbocycles. The molecule has 1 amide bonds. The lowest BCUT2D eigenvalue weighted by Gasteiger charge is -2.53. The highest BCUT2D eigenvalue weighted by Gasteiger charge is 2.53. The summed E-state index contributed by atoms with van der Waals surface area (Å²) in [4.78, 5) is 24.5. The fourth-order valence-corrected chi connectivity index (χ4v) is 8.75. The van der Waals surface area contributed by atoms with Crippen LogP contribution in [0.4, 0.5) is 27.6 Å². The summed E-state index contributed by atoms with van der Waals surface area (Å²) in [6.45, 7) is 3.05. The third kappa shape index (κ3) is 6.29. The van der Waals surface area contributed by atoms with Gasteiger partial charge in [0.2, 0.25) is 11.8 Å². The molecule has 0 unspecified atom stereocenters. The molecule has 12 heteroatoms. The number of anilines is 1. The van der Waals surface area contributed by atoms with Crippen LogP contribution in [-0.2, 0) is 16.1 Å². The third-order valence-corrected chi connectivity index (χ3v) is 11.8. The quantitative estimate of drug-likeness (QED) is 0.174. The average Bonchev–Trinajstić information content (AvgIpc) is 3.69. The topological polar surface area (TPSA) is 72.1 Å². The molecular weight excluding hydrogens is 635 g/mol. The number of thiazole rings is 1. The van der Waals surface area contributed by atoms with Gasteiger partial charge < -0.3 is 9.42 Å². The lowest BCUT2D eigenvalue weighted by Crippen LogP contribution is -2.51. The number of benzene rings is 2. The van der Waals surface area contributed by atoms with Crippen LogP contribution in [-0.4, -0.2) is 33.5 Å². The van der Waals surface area contributed by atoms with Crippen molar-refractivity contribution in [1.82, 2.24) is 15.1 Å². The SMILES string of the molecule is Cc1nc2ccc(-c3cc(N(CC45CCC(c6noc(C(C)(F)F)n6)(CC4)CC5)C(=O)CC4CCC(F)(F)CC4)ccc3F)cc2s1. The van der Waals surface area contributed by atoms with Crippen molar-refractivity contribution in [1.29, 1.82) is 0 Å². The Morgan fingerprint density at radius 3 is 2.36 bits per heavy atom. The minimum Gasteiger partial charge on any atom is -0.333 e. The Hall–Kier alpha value is -3.41. The van der Waals surface area contributed by atoms with Gasteiger partial charge in [0.05, 0.1) is 15.2 Å². The van der Waals surface area contributed by atoms with Gasteiger partial charge in [-0.25, -0.2) is 18.2 Å². The molecule has 4 aliphatic rings. The van der Waals surface area contributed by atoms with E-state index in [1.54, 1.807) is 17.0 Å². The number of hydrogen-bond donors (Lipinski definition) is 0. The van der Waals surface area contributed by atoms with Crippen LogP contribution >= 0.6 is 11.3 Å². The van der Waals surface area contributed by atoms with Crippen molar-refractivity contribution in [2.24, 2.45) is 11.3 Å². The molecule has 0 radical (unpaired) electrons. The van der Waals surface area contributed by atoms with E-state index in [0.29, 0.717) is 48.4 Å². The second-order valence-corrected chi connectivity index (χ2v) is 15.4. The van der Waals surface area contributed by atoms with E-state index < -0.39 is 29.0 Å². The van der Waals surface area contributed by atoms with Crippen molar-refractivity contribution in [3.05, 3.63) is 58.9 Å². The van der Waals surface area contributed by atoms with E-state index in [1.807, 2.05) is 25.1 Å². The minimum absolute atomic E-state index is 0.145. The van der Waals surface area contributed by atoms with Crippen LogP contribution in [0.1, 0.15) is 94.3 Å². The number of carbonyl (C=O) groups is 1. The number of amides is 1. The van der Waals surface area contributed by atoms with Gasteiger partial charge in [-0.05, 0) is 106 Å². The van der Waals surface area contributed by atoms with Crippen molar-refractivity contribution in [2.45, 2.75) is 102 Å². The Balaban J connectivity index is 1.17. The highest BCUT2D eigenvalue weighted by molar-refractivity contribution is 7.18. The minimum atomic E-state index is -3.22. The molecule has 4 aliphatic carbocycles. The Kier molecular flexibility index (Phi) is 7.96. The standard InChI is InChI=1S/C35H37F5N4O2S/c1-21-41-27-6-3-23(18-28(27)47-21)25-19-24(4-5-26(25)36)44(29(45)17-22-7-9-35(39,40)10-8-22)20-33-11-14-34(15-12-33,16-13-33)30-42-31(46-43-30)32(2,37)38/h3-6,18-19,22H,7-17,20H2,1-2H3. The molecule has 6 nitrogen and oxygen atoms in total. The molecule has 8 rings (SSSR count). The summed E-state index contributed by atoms with van der Waals surface area (Å²) < 4.78 is 76.8. The summed E-state index contributed by atoms with van der Waals surface area (Å²) >= 11 is 1.53. The molecule has 4 saturated carbocycles. The second kappa shape index (κ2) is 11.6. The van der Waals surface area contributed by atoms with Crippen molar-refractivity contribution < 1.29 is 31.3 Å². The first-order valence-electron chi connectivity index (χ1n) is 16.3. The molecule has 4 aromatic rings. The van der Waals surface area contributed by atoms with E-state index in [1.165, 1.54) is 17.4 Å². The number of rotatable bonds is 8. The molecule has 4 fully saturated rings. The van der Waals surface area contributed by atoms with Crippen LogP contribution in [0, 0.1) is 24.1 Å². The van der Waals surface area contributed by atoms with E-state index in [9.17, 15) is 22.4 Å². The summed E-state index contributed by atoms with van der Waals surface area (Å²) in [5.74, 6) is -6.98. The van der Waals surface area contributed by atoms with Gasteiger partial charge in [0.1, 0.15) is 5.82 Å². The van der Waals surface area contributed by atoms with Gasteiger partial charge in [-0.3, -0.25) is 4.79 Å². The van der Waals surface area contributed by atoms with E-state index >= 15 is 4.39 Å². The number of aryl methyl sites for hydroxylation is 1. The largest absolute Gasteiger partial charge is 0.333 e. The van der Waals surface area contributed by atoms with Gasteiger partial charge in [0.15, 0.2) is 5.82 Å². The van der Waals surface area contributed by atoms with Gasteiger partial charge in [0, 0.05) is 49.4 Å². The number of fused-ring (bicyclic) bond motifs is 4. The molecule has 2 heterocycles. The zero-order valence-corrected chi connectivity index (χ0v) is 27.2. The average molecular weight is 673 g/mol. The molecule has 0 aliphatic heterocycles. The number of halogens is 5. The van der Waals surface area contributed by atoms with E-state index in [0.717, 1.165) is 41.4 Å². The Labute approximate surface area is 273 Å². The van der Waals surface area contributed by atoms with Crippen LogP contribution in [0.15, 0.2) is 40.9 Å². The van der Waals surface area contributed by atoms with Gasteiger partial charge in [-0.1, -0.05) is 11.2 Å². The van der Waals surface area contributed by atoms with Gasteiger partial charge >= 0.3 is 5.92 Å². The summed E-state index contributed by atoms with van der Waals surface area (Å²) in [5.41, 5.74) is 1.76. The first kappa shape index (κ1) is 32.2. The molecule has 2 aromatic heterocycles. The predicted octanol–water partition coefficient (Wildman–Crippen LogP) is 9.75. The van der Waals surface area contributed by atoms with Gasteiger partial charge in [-0.15, -0.1) is 11.3 Å². The van der Waals surface area contributed by atoms with Gasteiger partial charge in [-0.2, -0.15) is 13.8 Å². The highest BCUT2D eigenvalue weighted by Crippen LogP contribution is 2.58. The summed E-state index contributed by atoms with van der Waals surface area (Å²) in [6, 6.07) is 10.3. The summed E-state index contributed by atoms with van der Waals surface area (Å²) in [6.07, 6.45) is 4.47. The summed E-state index contributed by atoms with van der Waals surface area (Å²) in [5, 5.41) is 4.86. The molecule has 0 spiro atoms. The fourth-order valence-electron chi connectivity index (χ4n) is 7.88. The molecule has 47 heavy (non-hydrogen) atoms. The number of hydrogen-bond acceptors (Lipinski definition) is 6. The zero-order chi connectivity index (χ0) is 33.2. The van der Waals surface area contributed by atoms with Crippen molar-refractivity contribution in [3.63, 3.8) is 0 Å². The third-order valence-electron chi connectivity index (χ3n) is 10.8. The summed E-state index contributed by atoms with van der Waals surface area (Å²) in [7, 11) is 0. The fraction of sp³-hybridized carbons (Fsp3) is 0.543. The van der Waals surface area contributed by atoms with E-state index in [2.05, 4.69) is 15.1 Å². The lowest BCUT2D eigenvalue weighted by atomic mass is 9.53. The van der Waals surface area contributed by atoms with Crippen LogP contribution in [0.2, 0.25) is 0 Å². The predicted molar refractivity (Wildman–Crippen MR) is 169 cm³/mol. The molecule has 2 bridgehead atoms. The van der Waals surface area contributed by atoms with Crippen LogP contribution in [0.25, 0.3) is 21.3 Å². The number of nitrogens with zero attached hydrogens (tertiary/aromatic N) is 4. The number of carbonyl (C=O) groups excluding carboxylic acids is 1. The molecule has 0 N–H and O–H groups in total. The lowest BCUT2D eigenvalue weighted by molar-refractivity contribution is -0.121. The first-order valence-corrected chi connectivity index (χ1v) is 17.1. The van der Waals surface area contributed by atoms with Crippen LogP contribution in [0.3, 0.4) is 0 Å². The highest BCUT2D eigenvalue weighted by atomic mass is 32.1. The molecule has 250 valence electrons. The smallest absolute Gasteiger partial charge is 0.322 e. The van der Waals surface area contributed by atoms with Gasteiger partial charge in [0.25, 0.3) is 5.89 Å². The van der Waals surface area contributed by atoms with Crippen molar-refractivity contribution in [3.8, 4) is 11.1 Å². The Bertz CT molecular complexity index is 1780. The van der Waals surface area contributed by atoms with Crippen molar-refractivity contribution >= 4 is 33.1 Å². The molecule has 0 saturated heterocycles. The maximum Gasteiger partial charge on any atom is 0.322 e. The Morgan fingerprint density at radius 1 is 1.00 bits per heavy atom. The Morgan fingerprint density at radius 2 is 1.70 bits per heavy atom. The molecule has 0 atom stereocenters. The first-order chi connectivity index (χ1) is 22.2. The maximum absolute atomic E-state index is 15.4. The van der Waals surface area contributed by atoms with Crippen LogP contribution < -0.4 is 4.90 Å². The number of aromatic nitrogens is 3.